The predicted octanol–water partition coefficient (Wildman–Crippen LogP) is 5.89. The zero-order valence-electron chi connectivity index (χ0n) is 16.0. The zero-order chi connectivity index (χ0) is 18.3. The highest BCUT2D eigenvalue weighted by Crippen LogP contribution is 2.35. The van der Waals surface area contributed by atoms with E-state index in [9.17, 15) is 0 Å². The van der Waals surface area contributed by atoms with Gasteiger partial charge in [0.2, 0.25) is 0 Å². The van der Waals surface area contributed by atoms with E-state index >= 15 is 0 Å². The Morgan fingerprint density at radius 2 is 2.08 bits per heavy atom. The van der Waals surface area contributed by atoms with Crippen molar-refractivity contribution in [3.63, 3.8) is 0 Å². The molecule has 0 spiro atoms. The van der Waals surface area contributed by atoms with Crippen LogP contribution in [0.2, 0.25) is 0 Å². The monoisotopic (exact) mass is 342 g/mol. The number of hydrogen-bond donors (Lipinski definition) is 0. The van der Waals surface area contributed by atoms with Crippen molar-refractivity contribution < 1.29 is 0 Å². The Hall–Kier alpha value is -2.53. The van der Waals surface area contributed by atoms with E-state index in [1.807, 2.05) is 19.1 Å². The molecule has 2 heteroatoms. The Morgan fingerprint density at radius 1 is 1.27 bits per heavy atom. The number of terminal acetylenes is 1. The van der Waals surface area contributed by atoms with Gasteiger partial charge in [-0.15, -0.1) is 6.42 Å². The Labute approximate surface area is 155 Å². The molecule has 3 aromatic rings. The maximum absolute atomic E-state index is 5.92. The molecule has 1 aromatic carbocycles. The standard InChI is InChI=1S/C24H26N2/c1-5-10-21-22(7-3)26-23-12-9-8-11-19(23)18-14-13-17(16(4)6-2)15-20(18)24(26)25-21/h3,5,10,13-16H,6,8-9,11-12H2,1-2,4H3/b10-5-. The van der Waals surface area contributed by atoms with Gasteiger partial charge < -0.3 is 0 Å². The van der Waals surface area contributed by atoms with Gasteiger partial charge in [0.1, 0.15) is 11.3 Å². The van der Waals surface area contributed by atoms with Gasteiger partial charge in [-0.2, -0.15) is 0 Å². The topological polar surface area (TPSA) is 17.3 Å². The Balaban J connectivity index is 2.17. The molecule has 0 saturated carbocycles. The molecule has 0 amide bonds. The van der Waals surface area contributed by atoms with Crippen molar-refractivity contribution in [3.05, 3.63) is 52.5 Å². The van der Waals surface area contributed by atoms with Gasteiger partial charge in [-0.3, -0.25) is 4.40 Å². The van der Waals surface area contributed by atoms with Crippen LogP contribution in [0.1, 0.15) is 74.2 Å². The first kappa shape index (κ1) is 16.9. The van der Waals surface area contributed by atoms with E-state index in [1.54, 1.807) is 0 Å². The fraction of sp³-hybridized carbons (Fsp3) is 0.375. The molecule has 1 unspecified atom stereocenters. The number of aryl methyl sites for hydroxylation is 2. The minimum Gasteiger partial charge on any atom is -0.289 e. The molecule has 2 aromatic heterocycles. The van der Waals surface area contributed by atoms with E-state index < -0.39 is 0 Å². The quantitative estimate of drug-likeness (QED) is 0.542. The SMILES string of the molecule is C#Cc1c(/C=C\C)nc2c3cc(C(C)CC)ccc3c3c(n12)CCCC3. The number of hydrogen-bond acceptors (Lipinski definition) is 1. The van der Waals surface area contributed by atoms with Crippen LogP contribution in [0.3, 0.4) is 0 Å². The molecule has 1 atom stereocenters. The zero-order valence-corrected chi connectivity index (χ0v) is 16.0. The Morgan fingerprint density at radius 3 is 2.81 bits per heavy atom. The summed E-state index contributed by atoms with van der Waals surface area (Å²) < 4.78 is 2.27. The molecule has 1 aliphatic rings. The van der Waals surface area contributed by atoms with Gasteiger partial charge in [-0.05, 0) is 79.5 Å². The molecule has 0 saturated heterocycles. The third kappa shape index (κ3) is 2.46. The van der Waals surface area contributed by atoms with Crippen LogP contribution in [0.5, 0.6) is 0 Å². The fourth-order valence-electron chi connectivity index (χ4n) is 4.27. The second kappa shape index (κ2) is 6.65. The average Bonchev–Trinajstić information content (AvgIpc) is 3.06. The minimum atomic E-state index is 0.549. The number of imidazole rings is 1. The predicted molar refractivity (Wildman–Crippen MR) is 111 cm³/mol. The maximum atomic E-state index is 5.92. The lowest BCUT2D eigenvalue weighted by molar-refractivity contribution is 0.664. The minimum absolute atomic E-state index is 0.549. The molecule has 0 bridgehead atoms. The molecule has 132 valence electrons. The van der Waals surface area contributed by atoms with Crippen LogP contribution in [0.25, 0.3) is 22.5 Å². The fourth-order valence-corrected chi connectivity index (χ4v) is 4.27. The van der Waals surface area contributed by atoms with E-state index in [1.165, 1.54) is 40.4 Å². The highest BCUT2D eigenvalue weighted by atomic mass is 15.0. The van der Waals surface area contributed by atoms with Crippen molar-refractivity contribution in [1.29, 1.82) is 0 Å². The van der Waals surface area contributed by atoms with Crippen LogP contribution in [0, 0.1) is 12.3 Å². The third-order valence-corrected chi connectivity index (χ3v) is 5.87. The molecule has 26 heavy (non-hydrogen) atoms. The molecule has 4 rings (SSSR count). The van der Waals surface area contributed by atoms with Gasteiger partial charge in [-0.25, -0.2) is 4.98 Å². The van der Waals surface area contributed by atoms with Crippen molar-refractivity contribution in [2.24, 2.45) is 0 Å². The maximum Gasteiger partial charge on any atom is 0.146 e. The summed E-state index contributed by atoms with van der Waals surface area (Å²) in [6, 6.07) is 6.97. The van der Waals surface area contributed by atoms with Crippen LogP contribution in [-0.2, 0) is 12.8 Å². The molecule has 2 nitrogen and oxygen atoms in total. The van der Waals surface area contributed by atoms with Crippen LogP contribution in [0.4, 0.5) is 0 Å². The van der Waals surface area contributed by atoms with Gasteiger partial charge in [0.05, 0.1) is 5.69 Å². The summed E-state index contributed by atoms with van der Waals surface area (Å²) in [6.07, 6.45) is 15.8. The molecular formula is C24H26N2. The van der Waals surface area contributed by atoms with E-state index in [4.69, 9.17) is 11.4 Å². The largest absolute Gasteiger partial charge is 0.289 e. The number of benzene rings is 1. The smallest absolute Gasteiger partial charge is 0.146 e. The highest BCUT2D eigenvalue weighted by Gasteiger charge is 2.22. The lowest BCUT2D eigenvalue weighted by Crippen LogP contribution is -2.11. The molecular weight excluding hydrogens is 316 g/mol. The number of rotatable bonds is 3. The van der Waals surface area contributed by atoms with Crippen LogP contribution in [-0.4, -0.2) is 9.38 Å². The number of allylic oxidation sites excluding steroid dienone is 1. The second-order valence-electron chi connectivity index (χ2n) is 7.40. The van der Waals surface area contributed by atoms with Gasteiger partial charge >= 0.3 is 0 Å². The van der Waals surface area contributed by atoms with Gasteiger partial charge in [0.25, 0.3) is 0 Å². The average molecular weight is 342 g/mol. The first-order valence-electron chi connectivity index (χ1n) is 9.78. The number of nitrogens with zero attached hydrogens (tertiary/aromatic N) is 2. The summed E-state index contributed by atoms with van der Waals surface area (Å²) in [7, 11) is 0. The summed E-state index contributed by atoms with van der Waals surface area (Å²) in [5.41, 5.74) is 7.04. The van der Waals surface area contributed by atoms with Crippen molar-refractivity contribution in [2.75, 3.05) is 0 Å². The first-order valence-corrected chi connectivity index (χ1v) is 9.78. The number of pyridine rings is 1. The van der Waals surface area contributed by atoms with Gasteiger partial charge in [-0.1, -0.05) is 32.1 Å². The first-order chi connectivity index (χ1) is 12.7. The molecule has 1 aliphatic carbocycles. The van der Waals surface area contributed by atoms with Gasteiger partial charge in [0.15, 0.2) is 0 Å². The Bertz CT molecular complexity index is 1060. The van der Waals surface area contributed by atoms with Crippen LogP contribution in [0.15, 0.2) is 24.3 Å². The van der Waals surface area contributed by atoms with E-state index in [-0.39, 0.29) is 0 Å². The highest BCUT2D eigenvalue weighted by molar-refractivity contribution is 5.98. The summed E-state index contributed by atoms with van der Waals surface area (Å²) in [4.78, 5) is 4.97. The molecule has 2 heterocycles. The summed E-state index contributed by atoms with van der Waals surface area (Å²) >= 11 is 0. The van der Waals surface area contributed by atoms with E-state index in [2.05, 4.69) is 42.4 Å². The summed E-state index contributed by atoms with van der Waals surface area (Å²) in [5, 5.41) is 2.61. The molecule has 0 radical (unpaired) electrons. The van der Waals surface area contributed by atoms with Gasteiger partial charge in [0, 0.05) is 11.1 Å². The van der Waals surface area contributed by atoms with Crippen molar-refractivity contribution in [1.82, 2.24) is 9.38 Å². The van der Waals surface area contributed by atoms with Crippen molar-refractivity contribution in [2.45, 2.75) is 58.8 Å². The Kier molecular flexibility index (Phi) is 4.32. The van der Waals surface area contributed by atoms with Crippen LogP contribution >= 0.6 is 0 Å². The molecule has 0 fully saturated rings. The normalized spacial score (nSPS) is 15.5. The second-order valence-corrected chi connectivity index (χ2v) is 7.40. The van der Waals surface area contributed by atoms with Crippen molar-refractivity contribution in [3.8, 4) is 12.3 Å². The van der Waals surface area contributed by atoms with E-state index in [0.29, 0.717) is 5.92 Å². The summed E-state index contributed by atoms with van der Waals surface area (Å²) in [5.74, 6) is 3.46. The third-order valence-electron chi connectivity index (χ3n) is 5.87. The van der Waals surface area contributed by atoms with Crippen LogP contribution < -0.4 is 0 Å². The lowest BCUT2D eigenvalue weighted by atomic mass is 9.89. The summed E-state index contributed by atoms with van der Waals surface area (Å²) in [6.45, 7) is 6.55. The number of aromatic nitrogens is 2. The molecule has 0 N–H and O–H groups in total. The molecule has 0 aliphatic heterocycles. The van der Waals surface area contributed by atoms with Crippen molar-refractivity contribution >= 4 is 22.5 Å². The number of fused-ring (bicyclic) bond motifs is 6. The lowest BCUT2D eigenvalue weighted by Gasteiger charge is -2.21. The van der Waals surface area contributed by atoms with E-state index in [0.717, 1.165) is 36.3 Å².